The van der Waals surface area contributed by atoms with Gasteiger partial charge in [-0.1, -0.05) is 47.7 Å². The lowest BCUT2D eigenvalue weighted by molar-refractivity contribution is 0.0185. The maximum atomic E-state index is 11.7. The van der Waals surface area contributed by atoms with Crippen molar-refractivity contribution in [2.75, 3.05) is 12.3 Å². The summed E-state index contributed by atoms with van der Waals surface area (Å²) in [5.74, 6) is 0. The molecule has 0 aliphatic rings. The van der Waals surface area contributed by atoms with Gasteiger partial charge in [0.2, 0.25) is 0 Å². The van der Waals surface area contributed by atoms with Gasteiger partial charge in [0.05, 0.1) is 10.2 Å². The summed E-state index contributed by atoms with van der Waals surface area (Å²) in [6.45, 7) is -0.0146. The van der Waals surface area contributed by atoms with Crippen LogP contribution in [-0.4, -0.2) is 33.9 Å². The van der Waals surface area contributed by atoms with Crippen LogP contribution in [0, 0.1) is 0 Å². The number of nitrogen functional groups attached to an aromatic ring is 1. The number of carbonyl (C=O) groups excluding carboxylic acids is 1. The molecule has 26 heavy (non-hydrogen) atoms. The lowest BCUT2D eigenvalue weighted by Crippen LogP contribution is -2.35. The second-order valence-corrected chi connectivity index (χ2v) is 6.80. The molecule has 0 saturated carbocycles. The van der Waals surface area contributed by atoms with Gasteiger partial charge in [-0.2, -0.15) is 0 Å². The number of ether oxygens (including phenoxy) is 1. The maximum Gasteiger partial charge on any atom is 0.407 e. The third-order valence-corrected chi connectivity index (χ3v) is 4.67. The Labute approximate surface area is 154 Å². The first-order valence-electron chi connectivity index (χ1n) is 7.99. The Morgan fingerprint density at radius 1 is 1.23 bits per heavy atom. The van der Waals surface area contributed by atoms with E-state index in [9.17, 15) is 15.0 Å². The summed E-state index contributed by atoms with van der Waals surface area (Å²) in [5, 5.41) is 23.3. The van der Waals surface area contributed by atoms with E-state index in [1.165, 1.54) is 11.3 Å². The van der Waals surface area contributed by atoms with Crippen LogP contribution in [0.25, 0.3) is 10.2 Å². The number of amides is 1. The fourth-order valence-electron chi connectivity index (χ4n) is 2.44. The standard InChI is InChI=1S/C18H19N3O4S/c19-17-21-13-8-12(6-7-15(13)26-17)16(23)14(22)9-20-18(24)25-10-11-4-2-1-3-5-11/h1-8,14,16,22-23H,9-10H2,(H2,19,21)(H,20,24). The number of hydrogen-bond acceptors (Lipinski definition) is 7. The molecule has 1 aromatic heterocycles. The molecule has 136 valence electrons. The number of benzene rings is 2. The first-order valence-corrected chi connectivity index (χ1v) is 8.81. The molecule has 0 aliphatic heterocycles. The smallest absolute Gasteiger partial charge is 0.407 e. The number of anilines is 1. The molecule has 1 heterocycles. The zero-order chi connectivity index (χ0) is 18.5. The third-order valence-electron chi connectivity index (χ3n) is 3.80. The number of alkyl carbamates (subject to hydrolysis) is 1. The number of thiazole rings is 1. The van der Waals surface area contributed by atoms with Crippen molar-refractivity contribution >= 4 is 32.8 Å². The molecule has 1 amide bonds. The minimum absolute atomic E-state index is 0.132. The van der Waals surface area contributed by atoms with E-state index in [0.717, 1.165) is 10.3 Å². The highest BCUT2D eigenvalue weighted by molar-refractivity contribution is 7.22. The molecule has 2 unspecified atom stereocenters. The highest BCUT2D eigenvalue weighted by Gasteiger charge is 2.20. The second-order valence-electron chi connectivity index (χ2n) is 5.73. The Balaban J connectivity index is 1.51. The van der Waals surface area contributed by atoms with Crippen LogP contribution in [0.4, 0.5) is 9.93 Å². The first-order chi connectivity index (χ1) is 12.5. The Morgan fingerprint density at radius 2 is 2.00 bits per heavy atom. The third kappa shape index (κ3) is 4.48. The fraction of sp³-hybridized carbons (Fsp3) is 0.222. The maximum absolute atomic E-state index is 11.7. The van der Waals surface area contributed by atoms with Crippen molar-refractivity contribution in [3.63, 3.8) is 0 Å². The quantitative estimate of drug-likeness (QED) is 0.526. The highest BCUT2D eigenvalue weighted by Crippen LogP contribution is 2.27. The number of nitrogens with one attached hydrogen (secondary N) is 1. The van der Waals surface area contributed by atoms with Gasteiger partial charge in [-0.3, -0.25) is 0 Å². The SMILES string of the molecule is Nc1nc2cc(C(O)C(O)CNC(=O)OCc3ccccc3)ccc2s1. The molecule has 2 atom stereocenters. The average molecular weight is 373 g/mol. The predicted octanol–water partition coefficient (Wildman–Crippen LogP) is 2.20. The van der Waals surface area contributed by atoms with Crippen LogP contribution in [0.3, 0.4) is 0 Å². The average Bonchev–Trinajstić information content (AvgIpc) is 3.03. The molecule has 7 nitrogen and oxygen atoms in total. The van der Waals surface area contributed by atoms with Crippen LogP contribution in [0.5, 0.6) is 0 Å². The molecule has 3 aromatic rings. The minimum atomic E-state index is -1.19. The van der Waals surface area contributed by atoms with Crippen LogP contribution in [-0.2, 0) is 11.3 Å². The van der Waals surface area contributed by atoms with E-state index in [2.05, 4.69) is 10.3 Å². The summed E-state index contributed by atoms with van der Waals surface area (Å²) < 4.78 is 5.96. The van der Waals surface area contributed by atoms with Gasteiger partial charge in [0, 0.05) is 6.54 Å². The summed E-state index contributed by atoms with van der Waals surface area (Å²) in [7, 11) is 0. The molecular formula is C18H19N3O4S. The number of hydrogen-bond donors (Lipinski definition) is 4. The number of aromatic nitrogens is 1. The normalized spacial score (nSPS) is 13.3. The van der Waals surface area contributed by atoms with E-state index in [1.54, 1.807) is 18.2 Å². The number of nitrogens with zero attached hydrogens (tertiary/aromatic N) is 1. The molecule has 0 aliphatic carbocycles. The molecule has 0 bridgehead atoms. The molecule has 8 heteroatoms. The molecule has 0 spiro atoms. The lowest BCUT2D eigenvalue weighted by atomic mass is 10.0. The van der Waals surface area contributed by atoms with Crippen LogP contribution in [0.2, 0.25) is 0 Å². The van der Waals surface area contributed by atoms with E-state index in [4.69, 9.17) is 10.5 Å². The first kappa shape index (κ1) is 18.1. The molecule has 3 rings (SSSR count). The largest absolute Gasteiger partial charge is 0.445 e. The summed E-state index contributed by atoms with van der Waals surface area (Å²) in [6.07, 6.45) is -3.02. The fourth-order valence-corrected chi connectivity index (χ4v) is 3.16. The van der Waals surface area contributed by atoms with E-state index >= 15 is 0 Å². The molecule has 0 fully saturated rings. The van der Waals surface area contributed by atoms with Crippen LogP contribution < -0.4 is 11.1 Å². The van der Waals surface area contributed by atoms with E-state index in [1.807, 2.05) is 30.3 Å². The van der Waals surface area contributed by atoms with E-state index < -0.39 is 18.3 Å². The monoisotopic (exact) mass is 373 g/mol. The van der Waals surface area contributed by atoms with Gasteiger partial charge < -0.3 is 26.0 Å². The number of rotatable bonds is 6. The van der Waals surface area contributed by atoms with Crippen molar-refractivity contribution in [1.82, 2.24) is 10.3 Å². The summed E-state index contributed by atoms with van der Waals surface area (Å²) in [6, 6.07) is 14.4. The van der Waals surface area contributed by atoms with Gasteiger partial charge in [-0.15, -0.1) is 0 Å². The Bertz CT molecular complexity index is 885. The lowest BCUT2D eigenvalue weighted by Gasteiger charge is -2.18. The van der Waals surface area contributed by atoms with E-state index in [0.29, 0.717) is 16.2 Å². The Hall–Kier alpha value is -2.68. The van der Waals surface area contributed by atoms with Crippen LogP contribution >= 0.6 is 11.3 Å². The molecular weight excluding hydrogens is 354 g/mol. The minimum Gasteiger partial charge on any atom is -0.445 e. The van der Waals surface area contributed by atoms with Crippen LogP contribution in [0.15, 0.2) is 48.5 Å². The van der Waals surface area contributed by atoms with E-state index in [-0.39, 0.29) is 13.2 Å². The van der Waals surface area contributed by atoms with Crippen LogP contribution in [0.1, 0.15) is 17.2 Å². The summed E-state index contributed by atoms with van der Waals surface area (Å²) >= 11 is 1.35. The number of carbonyl (C=O) groups is 1. The van der Waals surface area contributed by atoms with Crippen molar-refractivity contribution in [1.29, 1.82) is 0 Å². The van der Waals surface area contributed by atoms with Gasteiger partial charge in [0.1, 0.15) is 18.8 Å². The molecule has 5 N–H and O–H groups in total. The zero-order valence-corrected chi connectivity index (χ0v) is 14.6. The van der Waals surface area contributed by atoms with Gasteiger partial charge in [-0.05, 0) is 23.3 Å². The van der Waals surface area contributed by atoms with Gasteiger partial charge in [0.15, 0.2) is 5.13 Å². The zero-order valence-electron chi connectivity index (χ0n) is 13.8. The van der Waals surface area contributed by atoms with Crippen molar-refractivity contribution in [3.8, 4) is 0 Å². The van der Waals surface area contributed by atoms with Crippen molar-refractivity contribution in [3.05, 3.63) is 59.7 Å². The number of fused-ring (bicyclic) bond motifs is 1. The Morgan fingerprint density at radius 3 is 2.77 bits per heavy atom. The highest BCUT2D eigenvalue weighted by atomic mass is 32.1. The van der Waals surface area contributed by atoms with Gasteiger partial charge in [0.25, 0.3) is 0 Å². The second kappa shape index (κ2) is 8.13. The predicted molar refractivity (Wildman–Crippen MR) is 99.6 cm³/mol. The topological polar surface area (TPSA) is 118 Å². The van der Waals surface area contributed by atoms with Crippen molar-refractivity contribution in [2.45, 2.75) is 18.8 Å². The molecule has 0 radical (unpaired) electrons. The number of nitrogens with two attached hydrogens (primary N) is 1. The molecule has 2 aromatic carbocycles. The summed E-state index contributed by atoms with van der Waals surface area (Å²) in [5.41, 5.74) is 7.68. The number of aliphatic hydroxyl groups is 2. The molecule has 0 saturated heterocycles. The summed E-state index contributed by atoms with van der Waals surface area (Å²) in [4.78, 5) is 15.9. The van der Waals surface area contributed by atoms with Gasteiger partial charge >= 0.3 is 6.09 Å². The number of aliphatic hydroxyl groups excluding tert-OH is 2. The van der Waals surface area contributed by atoms with Crippen molar-refractivity contribution < 1.29 is 19.7 Å². The Kier molecular flexibility index (Phi) is 5.67. The van der Waals surface area contributed by atoms with Crippen molar-refractivity contribution in [2.24, 2.45) is 0 Å². The van der Waals surface area contributed by atoms with Gasteiger partial charge in [-0.25, -0.2) is 9.78 Å².